The van der Waals surface area contributed by atoms with Gasteiger partial charge in [0.15, 0.2) is 12.1 Å². The second kappa shape index (κ2) is 8.86. The van der Waals surface area contributed by atoms with E-state index in [4.69, 9.17) is 4.74 Å². The summed E-state index contributed by atoms with van der Waals surface area (Å²) in [6.45, 7) is 6.38. The first-order valence-corrected chi connectivity index (χ1v) is 10.6. The van der Waals surface area contributed by atoms with E-state index in [-0.39, 0.29) is 0 Å². The number of hydrogen-bond acceptors (Lipinski definition) is 8. The van der Waals surface area contributed by atoms with Crippen LogP contribution in [0.4, 0.5) is 11.5 Å². The average Bonchev–Trinajstić information content (AvgIpc) is 3.31. The second-order valence-electron chi connectivity index (χ2n) is 7.47. The van der Waals surface area contributed by atoms with Crippen molar-refractivity contribution >= 4 is 50.4 Å². The monoisotopic (exact) mass is 424 g/mol. The molecule has 3 aromatic heterocycles. The molecule has 0 aliphatic carbocycles. The van der Waals surface area contributed by atoms with Gasteiger partial charge in [-0.3, -0.25) is 14.9 Å². The number of pyridine rings is 1. The minimum Gasteiger partial charge on any atom is -0.373 e. The van der Waals surface area contributed by atoms with Crippen molar-refractivity contribution in [3.63, 3.8) is 0 Å². The Bertz CT molecular complexity index is 1130. The predicted octanol–water partition coefficient (Wildman–Crippen LogP) is 3.85. The molecule has 5 rings (SSSR count). The van der Waals surface area contributed by atoms with Gasteiger partial charge in [-0.1, -0.05) is 0 Å². The third-order valence-corrected chi connectivity index (χ3v) is 5.62. The summed E-state index contributed by atoms with van der Waals surface area (Å²) in [7, 11) is 2.13. The summed E-state index contributed by atoms with van der Waals surface area (Å²) in [4.78, 5) is 17.5. The van der Waals surface area contributed by atoms with Crippen molar-refractivity contribution in [3.05, 3.63) is 42.2 Å². The molecule has 0 spiro atoms. The Morgan fingerprint density at radius 3 is 2.80 bits per heavy atom. The number of aromatic nitrogens is 4. The summed E-state index contributed by atoms with van der Waals surface area (Å²) in [5.74, 6) is 0.671. The standard InChI is InChI=1S/C14H9N5OS.C7H15NO/c20-7-11-9-4-3-8(6-12(9)21-19-11)16-14-13-10(17-18-14)2-1-5-15-13;1-6-4-8(3)5-7(2)9-6/h1-7H,(H2,16,17,18);6-7H,4-5H2,1-3H3. The van der Waals surface area contributed by atoms with Crippen molar-refractivity contribution in [3.8, 4) is 0 Å². The fourth-order valence-corrected chi connectivity index (χ4v) is 4.42. The van der Waals surface area contributed by atoms with E-state index in [0.29, 0.717) is 23.7 Å². The van der Waals surface area contributed by atoms with Crippen molar-refractivity contribution < 1.29 is 9.53 Å². The van der Waals surface area contributed by atoms with Gasteiger partial charge < -0.3 is 15.0 Å². The number of nitrogens with zero attached hydrogens (tertiary/aromatic N) is 4. The van der Waals surface area contributed by atoms with Crippen molar-refractivity contribution in [2.24, 2.45) is 0 Å². The Balaban J connectivity index is 0.000000204. The number of morpholine rings is 1. The third-order valence-electron chi connectivity index (χ3n) is 4.80. The number of ether oxygens (including phenoxy) is 1. The maximum absolute atomic E-state index is 10.9. The van der Waals surface area contributed by atoms with Crippen molar-refractivity contribution in [1.82, 2.24) is 24.5 Å². The number of hydrogen-bond donors (Lipinski definition) is 2. The number of H-pyrrole nitrogens is 1. The van der Waals surface area contributed by atoms with Gasteiger partial charge in [-0.25, -0.2) is 0 Å². The molecule has 4 heterocycles. The van der Waals surface area contributed by atoms with Crippen LogP contribution >= 0.6 is 11.5 Å². The van der Waals surface area contributed by atoms with Crippen LogP contribution in [0.15, 0.2) is 36.5 Å². The van der Waals surface area contributed by atoms with Gasteiger partial charge in [0.25, 0.3) is 0 Å². The van der Waals surface area contributed by atoms with Crippen LogP contribution in [0, 0.1) is 0 Å². The van der Waals surface area contributed by atoms with E-state index in [1.165, 1.54) is 11.5 Å². The zero-order valence-electron chi connectivity index (χ0n) is 17.1. The molecule has 1 aliphatic heterocycles. The number of anilines is 2. The number of aldehydes is 1. The summed E-state index contributed by atoms with van der Waals surface area (Å²) in [5.41, 5.74) is 3.02. The Labute approximate surface area is 178 Å². The van der Waals surface area contributed by atoms with Crippen molar-refractivity contribution in [1.29, 1.82) is 0 Å². The van der Waals surface area contributed by atoms with Crippen LogP contribution in [0.2, 0.25) is 0 Å². The zero-order chi connectivity index (χ0) is 21.1. The van der Waals surface area contributed by atoms with Gasteiger partial charge in [-0.05, 0) is 62.8 Å². The maximum atomic E-state index is 10.9. The Morgan fingerprint density at radius 1 is 1.27 bits per heavy atom. The molecule has 2 unspecified atom stereocenters. The number of fused-ring (bicyclic) bond motifs is 2. The molecular formula is C21H24N6O2S. The highest BCUT2D eigenvalue weighted by molar-refractivity contribution is 7.13. The molecule has 0 radical (unpaired) electrons. The van der Waals surface area contributed by atoms with Crippen LogP contribution in [0.3, 0.4) is 0 Å². The number of aromatic amines is 1. The SMILES string of the molecule is CC1CN(C)CC(C)O1.O=Cc1nsc2cc(Nc3n[nH]c4cccnc34)ccc12. The lowest BCUT2D eigenvalue weighted by Crippen LogP contribution is -2.42. The molecule has 1 aliphatic rings. The molecule has 0 bridgehead atoms. The summed E-state index contributed by atoms with van der Waals surface area (Å²) in [5, 5.41) is 11.3. The number of benzene rings is 1. The highest BCUT2D eigenvalue weighted by Crippen LogP contribution is 2.28. The lowest BCUT2D eigenvalue weighted by molar-refractivity contribution is -0.0602. The zero-order valence-corrected chi connectivity index (χ0v) is 17.9. The van der Waals surface area contributed by atoms with Gasteiger partial charge in [0.2, 0.25) is 0 Å². The molecule has 8 nitrogen and oxygen atoms in total. The first kappa shape index (κ1) is 20.4. The fourth-order valence-electron chi connectivity index (χ4n) is 3.63. The maximum Gasteiger partial charge on any atom is 0.178 e. The van der Waals surface area contributed by atoms with Gasteiger partial charge in [-0.2, -0.15) is 9.47 Å². The fraction of sp³-hybridized carbons (Fsp3) is 0.333. The molecule has 2 N–H and O–H groups in total. The Hall–Kier alpha value is -2.88. The number of likely N-dealkylation sites (N-methyl/N-ethyl adjacent to an activating group) is 1. The van der Waals surface area contributed by atoms with E-state index in [0.717, 1.165) is 46.2 Å². The molecule has 1 aromatic carbocycles. The van der Waals surface area contributed by atoms with Crippen LogP contribution in [0.5, 0.6) is 0 Å². The molecule has 0 amide bonds. The number of rotatable bonds is 3. The molecule has 156 valence electrons. The van der Waals surface area contributed by atoms with Crippen LogP contribution in [0.1, 0.15) is 24.3 Å². The van der Waals surface area contributed by atoms with E-state index in [1.54, 1.807) is 6.20 Å². The van der Waals surface area contributed by atoms with Gasteiger partial charge in [0.1, 0.15) is 11.2 Å². The number of carbonyl (C=O) groups is 1. The van der Waals surface area contributed by atoms with Gasteiger partial charge >= 0.3 is 0 Å². The molecule has 2 atom stereocenters. The largest absolute Gasteiger partial charge is 0.373 e. The molecule has 30 heavy (non-hydrogen) atoms. The molecular weight excluding hydrogens is 400 g/mol. The smallest absolute Gasteiger partial charge is 0.178 e. The van der Waals surface area contributed by atoms with Crippen LogP contribution < -0.4 is 5.32 Å². The van der Waals surface area contributed by atoms with Crippen LogP contribution in [-0.4, -0.2) is 63.1 Å². The molecule has 0 saturated carbocycles. The van der Waals surface area contributed by atoms with Gasteiger partial charge in [-0.15, -0.1) is 0 Å². The summed E-state index contributed by atoms with van der Waals surface area (Å²) >= 11 is 1.30. The summed E-state index contributed by atoms with van der Waals surface area (Å²) < 4.78 is 10.6. The highest BCUT2D eigenvalue weighted by atomic mass is 32.1. The molecule has 1 saturated heterocycles. The molecule has 9 heteroatoms. The lowest BCUT2D eigenvalue weighted by atomic mass is 10.2. The second-order valence-corrected chi connectivity index (χ2v) is 8.28. The first-order chi connectivity index (χ1) is 14.5. The lowest BCUT2D eigenvalue weighted by Gasteiger charge is -2.32. The van der Waals surface area contributed by atoms with E-state index < -0.39 is 0 Å². The van der Waals surface area contributed by atoms with Gasteiger partial charge in [0, 0.05) is 30.4 Å². The minimum atomic E-state index is 0.416. The van der Waals surface area contributed by atoms with E-state index in [1.807, 2.05) is 30.3 Å². The quantitative estimate of drug-likeness (QED) is 0.482. The van der Waals surface area contributed by atoms with E-state index >= 15 is 0 Å². The minimum absolute atomic E-state index is 0.416. The molecule has 1 fully saturated rings. The number of nitrogens with one attached hydrogen (secondary N) is 2. The third kappa shape index (κ3) is 4.48. The topological polar surface area (TPSA) is 96.0 Å². The van der Waals surface area contributed by atoms with Crippen LogP contribution in [-0.2, 0) is 4.74 Å². The Morgan fingerprint density at radius 2 is 2.07 bits per heavy atom. The predicted molar refractivity (Wildman–Crippen MR) is 120 cm³/mol. The molecule has 4 aromatic rings. The van der Waals surface area contributed by atoms with Gasteiger partial charge in [0.05, 0.1) is 22.4 Å². The summed E-state index contributed by atoms with van der Waals surface area (Å²) in [6, 6.07) is 9.50. The van der Waals surface area contributed by atoms with E-state index in [9.17, 15) is 4.79 Å². The van der Waals surface area contributed by atoms with E-state index in [2.05, 4.69) is 50.7 Å². The average molecular weight is 425 g/mol. The number of carbonyl (C=O) groups excluding carboxylic acids is 1. The van der Waals surface area contributed by atoms with Crippen molar-refractivity contribution in [2.75, 3.05) is 25.5 Å². The van der Waals surface area contributed by atoms with Crippen molar-refractivity contribution in [2.45, 2.75) is 26.1 Å². The van der Waals surface area contributed by atoms with Crippen LogP contribution in [0.25, 0.3) is 21.1 Å². The summed E-state index contributed by atoms with van der Waals surface area (Å²) in [6.07, 6.45) is 3.33. The normalized spacial score (nSPS) is 19.4. The highest BCUT2D eigenvalue weighted by Gasteiger charge is 2.18. The Kier molecular flexibility index (Phi) is 6.03. The first-order valence-electron chi connectivity index (χ1n) is 9.78.